The number of hydrogen-bond acceptors (Lipinski definition) is 2. The maximum Gasteiger partial charge on any atom is 0.137 e. The number of halogens is 2. The van der Waals surface area contributed by atoms with E-state index in [1.54, 1.807) is 6.07 Å². The smallest absolute Gasteiger partial charge is 0.137 e. The molecule has 1 N–H and O–H groups in total. The van der Waals surface area contributed by atoms with E-state index in [-0.39, 0.29) is 11.4 Å². The third kappa shape index (κ3) is 3.85. The zero-order valence-corrected chi connectivity index (χ0v) is 15.1. The molecule has 0 aromatic heterocycles. The highest BCUT2D eigenvalue weighted by atomic mass is 79.9. The summed E-state index contributed by atoms with van der Waals surface area (Å²) in [6.45, 7) is 10.3. The normalized spacial score (nSPS) is 13.7. The number of likely N-dealkylation sites (N-methyl/N-ethyl adjacent to an activating group) is 1. The monoisotopic (exact) mass is 359 g/mol. The van der Waals surface area contributed by atoms with Gasteiger partial charge in [-0.2, -0.15) is 0 Å². The summed E-state index contributed by atoms with van der Waals surface area (Å²) in [6, 6.07) is 4.99. The van der Waals surface area contributed by atoms with Gasteiger partial charge in [-0.1, -0.05) is 39.8 Å². The molecule has 0 spiro atoms. The lowest BCUT2D eigenvalue weighted by atomic mass is 9.81. The Labute approximate surface area is 136 Å². The molecule has 0 bridgehead atoms. The SMILES string of the molecule is CCN(CC)C(CC)(CC)C(O)Cc1cccc(F)c1Br. The fourth-order valence-electron chi connectivity index (χ4n) is 3.34. The topological polar surface area (TPSA) is 23.5 Å². The minimum Gasteiger partial charge on any atom is -0.391 e. The number of aliphatic hydroxyl groups excluding tert-OH is 1. The van der Waals surface area contributed by atoms with Gasteiger partial charge in [0.1, 0.15) is 5.82 Å². The zero-order valence-electron chi connectivity index (χ0n) is 13.5. The highest BCUT2D eigenvalue weighted by Crippen LogP contribution is 2.32. The molecule has 1 aromatic carbocycles. The zero-order chi connectivity index (χ0) is 16.0. The molecule has 120 valence electrons. The van der Waals surface area contributed by atoms with Crippen LogP contribution < -0.4 is 0 Å². The van der Waals surface area contributed by atoms with Gasteiger partial charge in [0.05, 0.1) is 10.6 Å². The lowest BCUT2D eigenvalue weighted by Crippen LogP contribution is -2.56. The number of hydrogen-bond donors (Lipinski definition) is 1. The van der Waals surface area contributed by atoms with Gasteiger partial charge in [-0.25, -0.2) is 4.39 Å². The quantitative estimate of drug-likeness (QED) is 0.743. The summed E-state index contributed by atoms with van der Waals surface area (Å²) in [4.78, 5) is 2.32. The van der Waals surface area contributed by atoms with E-state index in [2.05, 4.69) is 48.5 Å². The maximum atomic E-state index is 13.6. The van der Waals surface area contributed by atoms with Crippen LogP contribution in [-0.2, 0) is 6.42 Å². The van der Waals surface area contributed by atoms with Crippen molar-refractivity contribution in [2.75, 3.05) is 13.1 Å². The van der Waals surface area contributed by atoms with Crippen molar-refractivity contribution in [3.05, 3.63) is 34.1 Å². The van der Waals surface area contributed by atoms with Crippen LogP contribution in [0.2, 0.25) is 0 Å². The second-order valence-corrected chi connectivity index (χ2v) is 6.21. The molecular formula is C17H27BrFNO. The van der Waals surface area contributed by atoms with Crippen molar-refractivity contribution in [2.45, 2.75) is 58.6 Å². The van der Waals surface area contributed by atoms with Crippen molar-refractivity contribution < 1.29 is 9.50 Å². The second kappa shape index (κ2) is 8.25. The summed E-state index contributed by atoms with van der Waals surface area (Å²) in [5.74, 6) is -0.277. The first kappa shape index (κ1) is 18.6. The summed E-state index contributed by atoms with van der Waals surface area (Å²) in [7, 11) is 0. The van der Waals surface area contributed by atoms with E-state index in [1.165, 1.54) is 6.07 Å². The molecule has 0 fully saturated rings. The number of benzene rings is 1. The maximum absolute atomic E-state index is 13.6. The lowest BCUT2D eigenvalue weighted by Gasteiger charge is -2.46. The Bertz CT molecular complexity index is 444. The van der Waals surface area contributed by atoms with Crippen molar-refractivity contribution >= 4 is 15.9 Å². The highest BCUT2D eigenvalue weighted by Gasteiger charge is 2.39. The third-order valence-corrected chi connectivity index (χ3v) is 5.57. The van der Waals surface area contributed by atoms with Crippen LogP contribution in [-0.4, -0.2) is 34.7 Å². The summed E-state index contributed by atoms with van der Waals surface area (Å²) in [6.07, 6.45) is 1.68. The average Bonchev–Trinajstić information content (AvgIpc) is 2.49. The van der Waals surface area contributed by atoms with Gasteiger partial charge in [0.25, 0.3) is 0 Å². The molecule has 0 aliphatic carbocycles. The predicted octanol–water partition coefficient (Wildman–Crippen LogP) is 4.39. The fourth-order valence-corrected chi connectivity index (χ4v) is 3.76. The molecule has 0 heterocycles. The van der Waals surface area contributed by atoms with Crippen molar-refractivity contribution in [1.82, 2.24) is 4.90 Å². The van der Waals surface area contributed by atoms with E-state index in [0.29, 0.717) is 10.9 Å². The van der Waals surface area contributed by atoms with Crippen LogP contribution in [0.4, 0.5) is 4.39 Å². The molecule has 4 heteroatoms. The first-order valence-electron chi connectivity index (χ1n) is 7.82. The van der Waals surface area contributed by atoms with Crippen LogP contribution in [0.5, 0.6) is 0 Å². The number of aliphatic hydroxyl groups is 1. The Hall–Kier alpha value is -0.450. The van der Waals surface area contributed by atoms with Crippen molar-refractivity contribution in [1.29, 1.82) is 0 Å². The first-order chi connectivity index (χ1) is 9.96. The minimum absolute atomic E-state index is 0.255. The van der Waals surface area contributed by atoms with E-state index >= 15 is 0 Å². The third-order valence-electron chi connectivity index (χ3n) is 4.68. The van der Waals surface area contributed by atoms with Gasteiger partial charge in [-0.3, -0.25) is 4.90 Å². The van der Waals surface area contributed by atoms with E-state index < -0.39 is 6.10 Å². The summed E-state index contributed by atoms with van der Waals surface area (Å²) in [5, 5.41) is 10.9. The van der Waals surface area contributed by atoms with E-state index in [9.17, 15) is 9.50 Å². The van der Waals surface area contributed by atoms with Gasteiger partial charge >= 0.3 is 0 Å². The Morgan fingerprint density at radius 1 is 1.19 bits per heavy atom. The molecule has 1 atom stereocenters. The second-order valence-electron chi connectivity index (χ2n) is 5.42. The highest BCUT2D eigenvalue weighted by molar-refractivity contribution is 9.10. The molecule has 0 radical (unpaired) electrons. The molecule has 0 saturated heterocycles. The van der Waals surface area contributed by atoms with Gasteiger partial charge in [-0.15, -0.1) is 0 Å². The van der Waals surface area contributed by atoms with Crippen LogP contribution in [0, 0.1) is 5.82 Å². The van der Waals surface area contributed by atoms with E-state index in [4.69, 9.17) is 0 Å². The van der Waals surface area contributed by atoms with E-state index in [1.807, 2.05) is 6.07 Å². The number of nitrogens with zero attached hydrogens (tertiary/aromatic N) is 1. The van der Waals surface area contributed by atoms with Gasteiger partial charge < -0.3 is 5.11 Å². The van der Waals surface area contributed by atoms with Gasteiger partial charge in [0.2, 0.25) is 0 Å². The molecule has 0 aliphatic heterocycles. The number of rotatable bonds is 8. The van der Waals surface area contributed by atoms with Gasteiger partial charge in [0, 0.05) is 12.0 Å². The van der Waals surface area contributed by atoms with Crippen LogP contribution >= 0.6 is 15.9 Å². The Morgan fingerprint density at radius 3 is 2.24 bits per heavy atom. The molecule has 1 rings (SSSR count). The summed E-state index contributed by atoms with van der Waals surface area (Å²) < 4.78 is 14.1. The van der Waals surface area contributed by atoms with Crippen LogP contribution in [0.15, 0.2) is 22.7 Å². The van der Waals surface area contributed by atoms with Gasteiger partial charge in [0.15, 0.2) is 0 Å². The average molecular weight is 360 g/mol. The van der Waals surface area contributed by atoms with Crippen LogP contribution in [0.3, 0.4) is 0 Å². The molecule has 2 nitrogen and oxygen atoms in total. The lowest BCUT2D eigenvalue weighted by molar-refractivity contribution is -0.0341. The molecule has 21 heavy (non-hydrogen) atoms. The fraction of sp³-hybridized carbons (Fsp3) is 0.647. The van der Waals surface area contributed by atoms with E-state index in [0.717, 1.165) is 31.5 Å². The summed E-state index contributed by atoms with van der Waals surface area (Å²) in [5.41, 5.74) is 0.566. The largest absolute Gasteiger partial charge is 0.391 e. The first-order valence-corrected chi connectivity index (χ1v) is 8.62. The molecule has 0 aliphatic rings. The predicted molar refractivity (Wildman–Crippen MR) is 90.0 cm³/mol. The Kier molecular flexibility index (Phi) is 7.31. The molecule has 0 amide bonds. The Balaban J connectivity index is 3.06. The Morgan fingerprint density at radius 2 is 1.76 bits per heavy atom. The molecule has 0 saturated carbocycles. The van der Waals surface area contributed by atoms with Crippen molar-refractivity contribution in [2.24, 2.45) is 0 Å². The van der Waals surface area contributed by atoms with Crippen molar-refractivity contribution in [3.8, 4) is 0 Å². The van der Waals surface area contributed by atoms with Crippen LogP contribution in [0.25, 0.3) is 0 Å². The standard InChI is InChI=1S/C17H27BrFNO/c1-5-17(6-2,20(7-3)8-4)15(21)12-13-10-9-11-14(19)16(13)18/h9-11,15,21H,5-8,12H2,1-4H3. The molecule has 1 unspecified atom stereocenters. The minimum atomic E-state index is -0.523. The van der Waals surface area contributed by atoms with Crippen LogP contribution in [0.1, 0.15) is 46.1 Å². The molecule has 1 aromatic rings. The van der Waals surface area contributed by atoms with Crippen molar-refractivity contribution in [3.63, 3.8) is 0 Å². The molecular weight excluding hydrogens is 333 g/mol. The van der Waals surface area contributed by atoms with Gasteiger partial charge in [-0.05, 0) is 53.5 Å². The summed E-state index contributed by atoms with van der Waals surface area (Å²) >= 11 is 3.29.